The van der Waals surface area contributed by atoms with E-state index in [1.807, 2.05) is 0 Å². The molecule has 0 aromatic heterocycles. The molecular weight excluding hydrogens is 685 g/mol. The maximum absolute atomic E-state index is 12.4. The molecule has 14 nitrogen and oxygen atoms in total. The number of carbonyl (C=O) groups is 1. The second-order valence-electron chi connectivity index (χ2n) is 10.3. The van der Waals surface area contributed by atoms with Crippen molar-refractivity contribution >= 4 is 92.3 Å². The molecule has 6 aliphatic rings. The van der Waals surface area contributed by atoms with Crippen LogP contribution in [0, 0.1) is 0 Å². The van der Waals surface area contributed by atoms with E-state index in [1.54, 1.807) is 59.7 Å². The summed E-state index contributed by atoms with van der Waals surface area (Å²) in [6, 6.07) is 0.0611. The van der Waals surface area contributed by atoms with Gasteiger partial charge in [-0.3, -0.25) is 4.79 Å². The van der Waals surface area contributed by atoms with Gasteiger partial charge < -0.3 is 54.1 Å². The summed E-state index contributed by atoms with van der Waals surface area (Å²) in [4.78, 5) is 12.4. The number of carbonyl (C=O) groups excluding carboxylic acids is 1. The highest BCUT2D eigenvalue weighted by Gasteiger charge is 2.78. The molecule has 0 atom stereocenters. The lowest BCUT2D eigenvalue weighted by Crippen LogP contribution is -2.86. The number of esters is 1. The smallest absolute Gasteiger partial charge is 0.465 e. The topological polar surface area (TPSA) is 137 Å². The van der Waals surface area contributed by atoms with Crippen molar-refractivity contribution in [3.63, 3.8) is 0 Å². The summed E-state index contributed by atoms with van der Waals surface area (Å²) in [5, 5.41) is 0. The number of alkyl halides is 1. The van der Waals surface area contributed by atoms with Gasteiger partial charge in [0.1, 0.15) is 4.32 Å². The van der Waals surface area contributed by atoms with Crippen molar-refractivity contribution < 1.29 is 58.9 Å². The van der Waals surface area contributed by atoms with Crippen LogP contribution in [0.4, 0.5) is 0 Å². The van der Waals surface area contributed by atoms with Crippen LogP contribution in [0.2, 0.25) is 51.9 Å². The van der Waals surface area contributed by atoms with E-state index in [1.165, 1.54) is 0 Å². The van der Waals surface area contributed by atoms with Crippen LogP contribution < -0.4 is 0 Å². The van der Waals surface area contributed by atoms with E-state index in [4.69, 9.17) is 54.1 Å². The highest BCUT2D eigenvalue weighted by Crippen LogP contribution is 2.48. The predicted octanol–water partition coefficient (Wildman–Crippen LogP) is 1.89. The standard InChI is InChI=1S/C13H31BrO14Si8/c1-13(2,14)12(15)16-10-11-36-26-33(7)20-30(4)17-29(3)18-31(5,22-33)24-35(9,28-36)25-32(6,19-29)23-34(8,21-30)27-36/h10-11H2,1-9H3. The van der Waals surface area contributed by atoms with Crippen molar-refractivity contribution in [2.45, 2.75) is 70.0 Å². The second kappa shape index (κ2) is 8.37. The van der Waals surface area contributed by atoms with Crippen LogP contribution >= 0.6 is 15.9 Å². The second-order valence-corrected chi connectivity index (χ2v) is 36.0. The Hall–Kier alpha value is 1.21. The minimum atomic E-state index is -3.86. The number of hydrogen-bond donors (Lipinski definition) is 0. The molecule has 206 valence electrons. The van der Waals surface area contributed by atoms with E-state index in [2.05, 4.69) is 15.9 Å². The summed E-state index contributed by atoms with van der Waals surface area (Å²) < 4.78 is 83.1. The average molecular weight is 716 g/mol. The van der Waals surface area contributed by atoms with Gasteiger partial charge in [-0.1, -0.05) is 15.9 Å². The first-order chi connectivity index (χ1) is 16.1. The summed E-state index contributed by atoms with van der Waals surface area (Å²) >= 11 is 3.31. The first kappa shape index (κ1) is 28.7. The maximum Gasteiger partial charge on any atom is 0.482 e. The zero-order valence-corrected chi connectivity index (χ0v) is 31.1. The van der Waals surface area contributed by atoms with Crippen LogP contribution in [0.3, 0.4) is 0 Å². The lowest BCUT2D eigenvalue weighted by Gasteiger charge is -2.60. The zero-order chi connectivity index (χ0) is 26.7. The summed E-state index contributed by atoms with van der Waals surface area (Å²) in [7, 11) is -29.0. The molecular formula is C13H31BrO14Si8. The summed E-state index contributed by atoms with van der Waals surface area (Å²) in [5.74, 6) is -0.451. The summed E-state index contributed by atoms with van der Waals surface area (Å²) in [6.07, 6.45) is 0. The van der Waals surface area contributed by atoms with Crippen molar-refractivity contribution in [3.8, 4) is 0 Å². The monoisotopic (exact) mass is 714 g/mol. The molecule has 6 aliphatic heterocycles. The Morgan fingerprint density at radius 2 is 0.833 bits per heavy atom. The molecule has 0 N–H and O–H groups in total. The van der Waals surface area contributed by atoms with Gasteiger partial charge in [-0.15, -0.1) is 0 Å². The van der Waals surface area contributed by atoms with Crippen molar-refractivity contribution in [3.05, 3.63) is 0 Å². The highest BCUT2D eigenvalue weighted by atomic mass is 79.9. The molecule has 0 aromatic rings. The van der Waals surface area contributed by atoms with Gasteiger partial charge in [-0.05, 0) is 13.8 Å². The van der Waals surface area contributed by atoms with E-state index in [0.29, 0.717) is 0 Å². The van der Waals surface area contributed by atoms with Gasteiger partial charge in [0.25, 0.3) is 0 Å². The molecule has 23 heteroatoms. The number of ether oxygens (including phenoxy) is 1. The predicted molar refractivity (Wildman–Crippen MR) is 139 cm³/mol. The van der Waals surface area contributed by atoms with Gasteiger partial charge in [-0.2, -0.15) is 0 Å². The minimum absolute atomic E-state index is 0.0611. The maximum atomic E-state index is 12.4. The lowest BCUT2D eigenvalue weighted by molar-refractivity contribution is -0.145. The normalized spacial score (nSPS) is 54.3. The van der Waals surface area contributed by atoms with Crippen LogP contribution in [0.1, 0.15) is 13.8 Å². The molecule has 0 unspecified atom stereocenters. The van der Waals surface area contributed by atoms with Gasteiger partial charge in [0, 0.05) is 45.8 Å². The molecule has 6 saturated heterocycles. The minimum Gasteiger partial charge on any atom is -0.465 e. The van der Waals surface area contributed by atoms with Crippen molar-refractivity contribution in [1.29, 1.82) is 0 Å². The molecule has 0 aliphatic carbocycles. The van der Waals surface area contributed by atoms with Gasteiger partial charge in [0.15, 0.2) is 0 Å². The van der Waals surface area contributed by atoms with E-state index in [9.17, 15) is 4.79 Å². The Labute approximate surface area is 227 Å². The Bertz CT molecular complexity index is 856. The SMILES string of the molecule is CC(C)(Br)C(=O)OCC[Si]12O[Si]3(C)O[Si]4(C)O[Si]5(C)O[Si](C)(O3)O[Si](C)(O[Si](C)(O5)O[Si](C)(O4)O1)O2. The molecule has 0 spiro atoms. The average Bonchev–Trinajstić information content (AvgIpc) is 2.50. The van der Waals surface area contributed by atoms with Crippen molar-refractivity contribution in [1.82, 2.24) is 0 Å². The van der Waals surface area contributed by atoms with E-state index < -0.39 is 80.7 Å². The first-order valence-electron chi connectivity index (χ1n) is 11.4. The Morgan fingerprint density at radius 3 is 1.08 bits per heavy atom. The Kier molecular flexibility index (Phi) is 6.68. The molecule has 6 heterocycles. The molecule has 8 bridgehead atoms. The molecule has 0 amide bonds. The third-order valence-corrected chi connectivity index (χ3v) is 41.5. The molecule has 6 fully saturated rings. The fraction of sp³-hybridized carbons (Fsp3) is 0.923. The lowest BCUT2D eigenvalue weighted by atomic mass is 10.2. The van der Waals surface area contributed by atoms with E-state index in [-0.39, 0.29) is 12.7 Å². The molecule has 36 heavy (non-hydrogen) atoms. The highest BCUT2D eigenvalue weighted by molar-refractivity contribution is 9.10. The van der Waals surface area contributed by atoms with Crippen molar-refractivity contribution in [2.24, 2.45) is 0 Å². The summed E-state index contributed by atoms with van der Waals surface area (Å²) in [6.45, 7) is 15.3. The quantitative estimate of drug-likeness (QED) is 0.238. The van der Waals surface area contributed by atoms with Gasteiger partial charge in [0.2, 0.25) is 0 Å². The molecule has 0 radical (unpaired) electrons. The van der Waals surface area contributed by atoms with E-state index in [0.717, 1.165) is 0 Å². The molecule has 0 aromatic carbocycles. The van der Waals surface area contributed by atoms with Crippen LogP contribution in [0.15, 0.2) is 0 Å². The van der Waals surface area contributed by atoms with E-state index >= 15 is 0 Å². The number of rotatable bonds is 4. The van der Waals surface area contributed by atoms with Gasteiger partial charge in [0.05, 0.1) is 12.7 Å². The fourth-order valence-electron chi connectivity index (χ4n) is 4.97. The fourth-order valence-corrected chi connectivity index (χ4v) is 50.7. The summed E-state index contributed by atoms with van der Waals surface area (Å²) in [5.41, 5.74) is 0. The Morgan fingerprint density at radius 1 is 0.583 bits per heavy atom. The van der Waals surface area contributed by atoms with Crippen LogP contribution in [-0.4, -0.2) is 87.3 Å². The van der Waals surface area contributed by atoms with Crippen molar-refractivity contribution in [2.75, 3.05) is 6.61 Å². The number of halogens is 1. The third-order valence-electron chi connectivity index (χ3n) is 5.49. The van der Waals surface area contributed by atoms with Gasteiger partial charge in [-0.25, -0.2) is 0 Å². The van der Waals surface area contributed by atoms with Crippen LogP contribution in [0.5, 0.6) is 0 Å². The van der Waals surface area contributed by atoms with Crippen LogP contribution in [-0.2, 0) is 58.9 Å². The van der Waals surface area contributed by atoms with Crippen LogP contribution in [0.25, 0.3) is 0 Å². The first-order valence-corrected chi connectivity index (χ1v) is 29.7. The van der Waals surface area contributed by atoms with Gasteiger partial charge >= 0.3 is 76.4 Å². The largest absolute Gasteiger partial charge is 0.482 e. The Balaban J connectivity index is 1.62. The molecule has 6 rings (SSSR count). The molecule has 0 saturated carbocycles. The zero-order valence-electron chi connectivity index (χ0n) is 21.5. The number of hydrogen-bond acceptors (Lipinski definition) is 14. The third kappa shape index (κ3) is 5.54.